The highest BCUT2D eigenvalue weighted by Crippen LogP contribution is 2.61. The first-order chi connectivity index (χ1) is 9.59. The molecule has 1 N–H and O–H groups in total. The van der Waals surface area contributed by atoms with Gasteiger partial charge in [0, 0.05) is 6.42 Å². The van der Waals surface area contributed by atoms with Gasteiger partial charge in [-0.2, -0.15) is 0 Å². The summed E-state index contributed by atoms with van der Waals surface area (Å²) in [4.78, 5) is 11.8. The topological polar surface area (TPSA) is 37.3 Å². The van der Waals surface area contributed by atoms with E-state index >= 15 is 0 Å². The van der Waals surface area contributed by atoms with Crippen LogP contribution in [-0.4, -0.2) is 17.0 Å². The van der Waals surface area contributed by atoms with Crippen molar-refractivity contribution in [1.82, 2.24) is 0 Å². The molecular formula is C18H26O2. The molecule has 110 valence electrons. The Kier molecular flexibility index (Phi) is 2.89. The first-order valence-corrected chi connectivity index (χ1v) is 8.52. The van der Waals surface area contributed by atoms with Crippen molar-refractivity contribution in [2.75, 3.05) is 0 Å². The van der Waals surface area contributed by atoms with E-state index in [0.717, 1.165) is 31.6 Å². The van der Waals surface area contributed by atoms with E-state index in [0.29, 0.717) is 23.5 Å². The van der Waals surface area contributed by atoms with Gasteiger partial charge in [-0.25, -0.2) is 0 Å². The van der Waals surface area contributed by atoms with E-state index in [9.17, 15) is 9.90 Å². The highest BCUT2D eigenvalue weighted by molar-refractivity contribution is 5.91. The maximum Gasteiger partial charge on any atom is 0.155 e. The first kappa shape index (κ1) is 13.1. The molecule has 6 atom stereocenters. The smallest absolute Gasteiger partial charge is 0.155 e. The van der Waals surface area contributed by atoms with E-state index in [1.807, 2.05) is 6.08 Å². The molecule has 0 aromatic rings. The number of aliphatic hydroxyl groups excluding tert-OH is 1. The SMILES string of the molecule is CC12CCC3C4=CC(=O)CCC4CCC3C1CCC2O. The number of carbonyl (C=O) groups is 1. The minimum Gasteiger partial charge on any atom is -0.393 e. The third-order valence-corrected chi connectivity index (χ3v) is 7.20. The van der Waals surface area contributed by atoms with Crippen LogP contribution in [0.4, 0.5) is 0 Å². The summed E-state index contributed by atoms with van der Waals surface area (Å²) in [7, 11) is 0. The molecule has 0 heterocycles. The maximum atomic E-state index is 11.8. The zero-order valence-corrected chi connectivity index (χ0v) is 12.5. The first-order valence-electron chi connectivity index (χ1n) is 8.52. The van der Waals surface area contributed by atoms with Crippen molar-refractivity contribution in [2.24, 2.45) is 29.1 Å². The number of rotatable bonds is 0. The lowest BCUT2D eigenvalue weighted by atomic mass is 9.53. The third kappa shape index (κ3) is 1.70. The quantitative estimate of drug-likeness (QED) is 0.734. The standard InChI is InChI=1S/C18H26O2/c1-18-9-8-13-14(16(18)6-7-17(18)20)5-3-11-2-4-12(19)10-15(11)13/h10-11,13-14,16-17,20H,2-9H2,1H3. The van der Waals surface area contributed by atoms with Crippen LogP contribution in [0.3, 0.4) is 0 Å². The van der Waals surface area contributed by atoms with Crippen LogP contribution in [0.25, 0.3) is 0 Å². The van der Waals surface area contributed by atoms with Gasteiger partial charge in [-0.15, -0.1) is 0 Å². The lowest BCUT2D eigenvalue weighted by Crippen LogP contribution is -2.46. The molecule has 2 nitrogen and oxygen atoms in total. The molecule has 0 spiro atoms. The van der Waals surface area contributed by atoms with E-state index in [1.54, 1.807) is 0 Å². The minimum atomic E-state index is -0.0897. The van der Waals surface area contributed by atoms with Gasteiger partial charge >= 0.3 is 0 Å². The zero-order chi connectivity index (χ0) is 13.9. The van der Waals surface area contributed by atoms with Crippen LogP contribution in [-0.2, 0) is 4.79 Å². The van der Waals surface area contributed by atoms with Gasteiger partial charge in [-0.05, 0) is 80.1 Å². The Morgan fingerprint density at radius 1 is 1.15 bits per heavy atom. The molecule has 3 fully saturated rings. The maximum absolute atomic E-state index is 11.8. The van der Waals surface area contributed by atoms with Crippen LogP contribution in [0.15, 0.2) is 11.6 Å². The molecular weight excluding hydrogens is 248 g/mol. The number of carbonyl (C=O) groups excluding carboxylic acids is 1. The van der Waals surface area contributed by atoms with Crippen LogP contribution in [0.1, 0.15) is 58.3 Å². The van der Waals surface area contributed by atoms with Crippen LogP contribution in [0.2, 0.25) is 0 Å². The van der Waals surface area contributed by atoms with Gasteiger partial charge < -0.3 is 5.11 Å². The molecule has 0 aromatic carbocycles. The average molecular weight is 274 g/mol. The average Bonchev–Trinajstić information content (AvgIpc) is 2.74. The van der Waals surface area contributed by atoms with Gasteiger partial charge in [0.05, 0.1) is 6.10 Å². The third-order valence-electron chi connectivity index (χ3n) is 7.20. The van der Waals surface area contributed by atoms with E-state index in [1.165, 1.54) is 31.3 Å². The summed E-state index contributed by atoms with van der Waals surface area (Å²) in [5, 5.41) is 10.4. The molecule has 0 aliphatic heterocycles. The van der Waals surface area contributed by atoms with Gasteiger partial charge in [0.2, 0.25) is 0 Å². The summed E-state index contributed by atoms with van der Waals surface area (Å²) in [5.74, 6) is 3.14. The van der Waals surface area contributed by atoms with Crippen LogP contribution >= 0.6 is 0 Å². The Hall–Kier alpha value is -0.630. The van der Waals surface area contributed by atoms with Crippen molar-refractivity contribution >= 4 is 5.78 Å². The van der Waals surface area contributed by atoms with Crippen molar-refractivity contribution in [3.05, 3.63) is 11.6 Å². The van der Waals surface area contributed by atoms with Gasteiger partial charge in [0.1, 0.15) is 0 Å². The Morgan fingerprint density at radius 2 is 2.00 bits per heavy atom. The summed E-state index contributed by atoms with van der Waals surface area (Å²) in [6.45, 7) is 2.32. The molecule has 3 saturated carbocycles. The molecule has 0 aromatic heterocycles. The van der Waals surface area contributed by atoms with E-state index in [2.05, 4.69) is 6.92 Å². The lowest BCUT2D eigenvalue weighted by Gasteiger charge is -2.52. The van der Waals surface area contributed by atoms with Crippen molar-refractivity contribution < 1.29 is 9.90 Å². The van der Waals surface area contributed by atoms with Crippen molar-refractivity contribution in [1.29, 1.82) is 0 Å². The Balaban J connectivity index is 1.66. The van der Waals surface area contributed by atoms with Gasteiger partial charge in [0.25, 0.3) is 0 Å². The van der Waals surface area contributed by atoms with Crippen molar-refractivity contribution in [2.45, 2.75) is 64.4 Å². The minimum absolute atomic E-state index is 0.0897. The summed E-state index contributed by atoms with van der Waals surface area (Å²) in [6, 6.07) is 0. The molecule has 0 saturated heterocycles. The normalized spacial score (nSPS) is 51.0. The highest BCUT2D eigenvalue weighted by atomic mass is 16.3. The van der Waals surface area contributed by atoms with E-state index in [4.69, 9.17) is 0 Å². The summed E-state index contributed by atoms with van der Waals surface area (Å²) >= 11 is 0. The molecule has 20 heavy (non-hydrogen) atoms. The van der Waals surface area contributed by atoms with Crippen molar-refractivity contribution in [3.8, 4) is 0 Å². The van der Waals surface area contributed by atoms with Gasteiger partial charge in [-0.3, -0.25) is 4.79 Å². The summed E-state index contributed by atoms with van der Waals surface area (Å²) in [6.07, 6.45) is 10.9. The number of hydrogen-bond acceptors (Lipinski definition) is 2. The highest BCUT2D eigenvalue weighted by Gasteiger charge is 2.55. The summed E-state index contributed by atoms with van der Waals surface area (Å²) in [5.41, 5.74) is 1.66. The molecule has 2 heteroatoms. The zero-order valence-electron chi connectivity index (χ0n) is 12.5. The molecule has 4 rings (SSSR count). The predicted molar refractivity (Wildman–Crippen MR) is 78.1 cm³/mol. The van der Waals surface area contributed by atoms with Gasteiger partial charge in [0.15, 0.2) is 5.78 Å². The summed E-state index contributed by atoms with van der Waals surface area (Å²) < 4.78 is 0. The molecule has 4 aliphatic carbocycles. The van der Waals surface area contributed by atoms with Crippen molar-refractivity contribution in [3.63, 3.8) is 0 Å². The number of allylic oxidation sites excluding steroid dienone is 2. The molecule has 0 bridgehead atoms. The largest absolute Gasteiger partial charge is 0.393 e. The number of ketones is 1. The fraction of sp³-hybridized carbons (Fsp3) is 0.833. The van der Waals surface area contributed by atoms with Gasteiger partial charge in [-0.1, -0.05) is 12.5 Å². The number of aliphatic hydroxyl groups is 1. The van der Waals surface area contributed by atoms with Crippen LogP contribution in [0, 0.1) is 29.1 Å². The Labute approximate surface area is 121 Å². The van der Waals surface area contributed by atoms with Crippen LogP contribution in [0.5, 0.6) is 0 Å². The fourth-order valence-electron chi connectivity index (χ4n) is 6.05. The van der Waals surface area contributed by atoms with E-state index in [-0.39, 0.29) is 11.5 Å². The second-order valence-electron chi connectivity index (χ2n) is 7.94. The van der Waals surface area contributed by atoms with E-state index < -0.39 is 0 Å². The number of hydrogen-bond donors (Lipinski definition) is 1. The van der Waals surface area contributed by atoms with Crippen LogP contribution < -0.4 is 0 Å². The molecule has 6 unspecified atom stereocenters. The molecule has 0 radical (unpaired) electrons. The monoisotopic (exact) mass is 274 g/mol. The predicted octanol–water partition coefficient (Wildman–Crippen LogP) is 3.49. The molecule has 0 amide bonds. The lowest BCUT2D eigenvalue weighted by molar-refractivity contribution is -0.115. The number of fused-ring (bicyclic) bond motifs is 5. The Bertz CT molecular complexity index is 466. The molecule has 4 aliphatic rings. The fourth-order valence-corrected chi connectivity index (χ4v) is 6.05. The second kappa shape index (κ2) is 4.43. The second-order valence-corrected chi connectivity index (χ2v) is 7.94. The Morgan fingerprint density at radius 3 is 2.85 bits per heavy atom.